The van der Waals surface area contributed by atoms with Gasteiger partial charge in [0.15, 0.2) is 9.84 Å². The lowest BCUT2D eigenvalue weighted by Crippen LogP contribution is -2.25. The van der Waals surface area contributed by atoms with Crippen LogP contribution in [0.25, 0.3) is 0 Å². The van der Waals surface area contributed by atoms with Gasteiger partial charge in [0.25, 0.3) is 5.91 Å². The van der Waals surface area contributed by atoms with Gasteiger partial charge in [-0.05, 0) is 29.6 Å². The minimum Gasteiger partial charge on any atom is -0.337 e. The van der Waals surface area contributed by atoms with E-state index in [1.54, 1.807) is 35.4 Å². The van der Waals surface area contributed by atoms with Crippen LogP contribution in [0.4, 0.5) is 0 Å². The molecule has 1 amide bonds. The van der Waals surface area contributed by atoms with Crippen molar-refractivity contribution in [2.45, 2.75) is 11.4 Å². The largest absolute Gasteiger partial charge is 0.337 e. The molecule has 0 spiro atoms. The second-order valence-corrected chi connectivity index (χ2v) is 7.59. The Morgan fingerprint density at radius 1 is 1.25 bits per heavy atom. The molecule has 20 heavy (non-hydrogen) atoms. The van der Waals surface area contributed by atoms with Gasteiger partial charge in [-0.1, -0.05) is 12.1 Å². The van der Waals surface area contributed by atoms with E-state index in [1.807, 2.05) is 17.5 Å². The lowest BCUT2D eigenvalue weighted by Gasteiger charge is -2.16. The number of hydrogen-bond acceptors (Lipinski definition) is 4. The second-order valence-electron chi connectivity index (χ2n) is 4.54. The summed E-state index contributed by atoms with van der Waals surface area (Å²) in [5.41, 5.74) is 0.381. The molecule has 0 aliphatic heterocycles. The van der Waals surface area contributed by atoms with E-state index < -0.39 is 9.84 Å². The molecule has 0 radical (unpaired) electrons. The monoisotopic (exact) mass is 309 g/mol. The summed E-state index contributed by atoms with van der Waals surface area (Å²) in [6.07, 6.45) is 1.13. The Balaban J connectivity index is 2.21. The Hall–Kier alpha value is -1.66. The second kappa shape index (κ2) is 5.76. The lowest BCUT2D eigenvalue weighted by molar-refractivity contribution is 0.0786. The third-order valence-electron chi connectivity index (χ3n) is 2.83. The Kier molecular flexibility index (Phi) is 4.25. The van der Waals surface area contributed by atoms with Gasteiger partial charge in [-0.2, -0.15) is 0 Å². The molecule has 1 heterocycles. The predicted molar refractivity (Wildman–Crippen MR) is 79.7 cm³/mol. The van der Waals surface area contributed by atoms with Crippen molar-refractivity contribution >= 4 is 27.1 Å². The molecule has 0 atom stereocenters. The first kappa shape index (κ1) is 14.7. The van der Waals surface area contributed by atoms with Crippen molar-refractivity contribution < 1.29 is 13.2 Å². The molecule has 0 aliphatic rings. The molecule has 0 saturated carbocycles. The molecule has 0 N–H and O–H groups in total. The number of carbonyl (C=O) groups excluding carboxylic acids is 1. The first-order valence-corrected chi connectivity index (χ1v) is 8.73. The number of thiophene rings is 1. The summed E-state index contributed by atoms with van der Waals surface area (Å²) in [5.74, 6) is -0.191. The van der Waals surface area contributed by atoms with Crippen LogP contribution in [0.1, 0.15) is 15.2 Å². The maximum absolute atomic E-state index is 12.3. The van der Waals surface area contributed by atoms with Gasteiger partial charge in [-0.25, -0.2) is 8.42 Å². The van der Waals surface area contributed by atoms with Gasteiger partial charge in [-0.15, -0.1) is 11.3 Å². The van der Waals surface area contributed by atoms with Crippen molar-refractivity contribution in [3.8, 4) is 0 Å². The van der Waals surface area contributed by atoms with Crippen LogP contribution in [0, 0.1) is 0 Å². The zero-order valence-electron chi connectivity index (χ0n) is 11.2. The zero-order chi connectivity index (χ0) is 14.8. The summed E-state index contributed by atoms with van der Waals surface area (Å²) in [6.45, 7) is 0.513. The van der Waals surface area contributed by atoms with Gasteiger partial charge in [0.2, 0.25) is 0 Å². The number of rotatable bonds is 4. The van der Waals surface area contributed by atoms with Crippen LogP contribution in [0.5, 0.6) is 0 Å². The summed E-state index contributed by atoms with van der Waals surface area (Å²) in [5, 5.41) is 1.96. The van der Waals surface area contributed by atoms with Crippen LogP contribution < -0.4 is 0 Å². The molecule has 0 saturated heterocycles. The summed E-state index contributed by atoms with van der Waals surface area (Å²) in [6, 6.07) is 10.0. The first-order chi connectivity index (χ1) is 9.38. The Labute approximate surface area is 122 Å². The van der Waals surface area contributed by atoms with Gasteiger partial charge in [-0.3, -0.25) is 4.79 Å². The molecular weight excluding hydrogens is 294 g/mol. The van der Waals surface area contributed by atoms with E-state index in [-0.39, 0.29) is 10.8 Å². The fourth-order valence-corrected chi connectivity index (χ4v) is 3.21. The molecule has 2 rings (SSSR count). The lowest BCUT2D eigenvalue weighted by atomic mass is 10.2. The van der Waals surface area contributed by atoms with Crippen molar-refractivity contribution in [1.29, 1.82) is 0 Å². The van der Waals surface area contributed by atoms with Crippen molar-refractivity contribution in [2.75, 3.05) is 13.3 Å². The van der Waals surface area contributed by atoms with Crippen LogP contribution in [0.3, 0.4) is 0 Å². The molecule has 0 fully saturated rings. The van der Waals surface area contributed by atoms with E-state index in [0.717, 1.165) is 11.1 Å². The molecule has 2 aromatic rings. The SMILES string of the molecule is CN(Cc1cccs1)C(=O)c1cccc(S(C)(=O)=O)c1. The van der Waals surface area contributed by atoms with E-state index in [2.05, 4.69) is 0 Å². The molecule has 0 aliphatic carbocycles. The van der Waals surface area contributed by atoms with Gasteiger partial charge in [0.05, 0.1) is 11.4 Å². The fraction of sp³-hybridized carbons (Fsp3) is 0.214. The molecule has 106 valence electrons. The molecule has 4 nitrogen and oxygen atoms in total. The third-order valence-corrected chi connectivity index (χ3v) is 4.80. The smallest absolute Gasteiger partial charge is 0.253 e. The highest BCUT2D eigenvalue weighted by Gasteiger charge is 2.15. The average molecular weight is 309 g/mol. The van der Waals surface area contributed by atoms with Crippen molar-refractivity contribution in [1.82, 2.24) is 4.90 Å². The highest BCUT2D eigenvalue weighted by molar-refractivity contribution is 7.90. The van der Waals surface area contributed by atoms with Crippen molar-refractivity contribution in [3.63, 3.8) is 0 Å². The summed E-state index contributed by atoms with van der Waals surface area (Å²) in [7, 11) is -1.60. The number of sulfone groups is 1. The highest BCUT2D eigenvalue weighted by atomic mass is 32.2. The van der Waals surface area contributed by atoms with E-state index in [0.29, 0.717) is 12.1 Å². The molecule has 1 aromatic heterocycles. The van der Waals surface area contributed by atoms with E-state index in [1.165, 1.54) is 12.1 Å². The van der Waals surface area contributed by atoms with E-state index >= 15 is 0 Å². The van der Waals surface area contributed by atoms with Crippen molar-refractivity contribution in [3.05, 3.63) is 52.2 Å². The topological polar surface area (TPSA) is 54.5 Å². The van der Waals surface area contributed by atoms with Crippen LogP contribution in [0.2, 0.25) is 0 Å². The van der Waals surface area contributed by atoms with Crippen LogP contribution >= 0.6 is 11.3 Å². The third kappa shape index (κ3) is 3.46. The van der Waals surface area contributed by atoms with Gasteiger partial charge >= 0.3 is 0 Å². The van der Waals surface area contributed by atoms with Gasteiger partial charge in [0.1, 0.15) is 0 Å². The Bertz CT molecular complexity index is 706. The maximum Gasteiger partial charge on any atom is 0.253 e. The van der Waals surface area contributed by atoms with E-state index in [4.69, 9.17) is 0 Å². The van der Waals surface area contributed by atoms with Crippen LogP contribution in [-0.4, -0.2) is 32.5 Å². The molecule has 6 heteroatoms. The Morgan fingerprint density at radius 2 is 2.00 bits per heavy atom. The summed E-state index contributed by atoms with van der Waals surface area (Å²) < 4.78 is 23.0. The highest BCUT2D eigenvalue weighted by Crippen LogP contribution is 2.15. The van der Waals surface area contributed by atoms with Crippen LogP contribution in [0.15, 0.2) is 46.7 Å². The molecular formula is C14H15NO3S2. The van der Waals surface area contributed by atoms with Gasteiger partial charge < -0.3 is 4.90 Å². The van der Waals surface area contributed by atoms with Crippen LogP contribution in [-0.2, 0) is 16.4 Å². The quantitative estimate of drug-likeness (QED) is 0.871. The number of amides is 1. The van der Waals surface area contributed by atoms with Gasteiger partial charge in [0, 0.05) is 23.7 Å². The molecule has 0 bridgehead atoms. The number of hydrogen-bond donors (Lipinski definition) is 0. The normalized spacial score (nSPS) is 11.3. The van der Waals surface area contributed by atoms with E-state index in [9.17, 15) is 13.2 Å². The molecule has 1 aromatic carbocycles. The molecule has 0 unspecified atom stereocenters. The maximum atomic E-state index is 12.3. The number of carbonyl (C=O) groups is 1. The Morgan fingerprint density at radius 3 is 2.60 bits per heavy atom. The minimum atomic E-state index is -3.30. The fourth-order valence-electron chi connectivity index (χ4n) is 1.79. The number of benzene rings is 1. The summed E-state index contributed by atoms with van der Waals surface area (Å²) >= 11 is 1.58. The van der Waals surface area contributed by atoms with Crippen molar-refractivity contribution in [2.24, 2.45) is 0 Å². The predicted octanol–water partition coefficient (Wildman–Crippen LogP) is 2.42. The summed E-state index contributed by atoms with van der Waals surface area (Å²) in [4.78, 5) is 15.1. The number of nitrogens with zero attached hydrogens (tertiary/aromatic N) is 1. The zero-order valence-corrected chi connectivity index (χ0v) is 12.9. The average Bonchev–Trinajstić information content (AvgIpc) is 2.90. The minimum absolute atomic E-state index is 0.160. The standard InChI is InChI=1S/C14H15NO3S2/c1-15(10-12-6-4-8-19-12)14(16)11-5-3-7-13(9-11)20(2,17)18/h3-9H,10H2,1-2H3. The first-order valence-electron chi connectivity index (χ1n) is 5.96.